The number of aliphatic hydroxyl groups excluding tert-OH is 1. The SMILES string of the molecule is CCCC(O)CN1CCN(C(C)(C)C)CC1. The molecular formula is C13H28N2O. The Balaban J connectivity index is 2.27. The fourth-order valence-electron chi connectivity index (χ4n) is 2.32. The molecule has 1 atom stereocenters. The first-order valence-corrected chi connectivity index (χ1v) is 6.59. The van der Waals surface area contributed by atoms with Crippen molar-refractivity contribution < 1.29 is 5.11 Å². The number of hydrogen-bond acceptors (Lipinski definition) is 3. The molecule has 1 unspecified atom stereocenters. The molecule has 0 amide bonds. The molecule has 1 N–H and O–H groups in total. The van der Waals surface area contributed by atoms with E-state index in [1.165, 1.54) is 0 Å². The molecule has 1 heterocycles. The summed E-state index contributed by atoms with van der Waals surface area (Å²) in [6.45, 7) is 14.2. The van der Waals surface area contributed by atoms with Crippen LogP contribution < -0.4 is 0 Å². The fourth-order valence-corrected chi connectivity index (χ4v) is 2.32. The number of hydrogen-bond donors (Lipinski definition) is 1. The van der Waals surface area contributed by atoms with E-state index in [1.54, 1.807) is 0 Å². The van der Waals surface area contributed by atoms with Gasteiger partial charge < -0.3 is 5.11 Å². The van der Waals surface area contributed by atoms with Crippen molar-refractivity contribution in [3.05, 3.63) is 0 Å². The van der Waals surface area contributed by atoms with Crippen LogP contribution in [-0.4, -0.2) is 59.3 Å². The van der Waals surface area contributed by atoms with E-state index in [4.69, 9.17) is 0 Å². The van der Waals surface area contributed by atoms with Crippen LogP contribution >= 0.6 is 0 Å². The smallest absolute Gasteiger partial charge is 0.0667 e. The lowest BCUT2D eigenvalue weighted by Gasteiger charge is -2.42. The van der Waals surface area contributed by atoms with Gasteiger partial charge in [0.1, 0.15) is 0 Å². The summed E-state index contributed by atoms with van der Waals surface area (Å²) in [6.07, 6.45) is 1.87. The summed E-state index contributed by atoms with van der Waals surface area (Å²) < 4.78 is 0. The van der Waals surface area contributed by atoms with Crippen LogP contribution in [0.4, 0.5) is 0 Å². The Bertz CT molecular complexity index is 193. The van der Waals surface area contributed by atoms with Crippen LogP contribution in [0.3, 0.4) is 0 Å². The fraction of sp³-hybridized carbons (Fsp3) is 1.00. The lowest BCUT2D eigenvalue weighted by molar-refractivity contribution is 0.0345. The summed E-state index contributed by atoms with van der Waals surface area (Å²) in [7, 11) is 0. The molecule has 0 aliphatic carbocycles. The van der Waals surface area contributed by atoms with Crippen molar-refractivity contribution in [2.75, 3.05) is 32.7 Å². The van der Waals surface area contributed by atoms with Crippen molar-refractivity contribution in [1.82, 2.24) is 9.80 Å². The van der Waals surface area contributed by atoms with Crippen molar-refractivity contribution in [3.63, 3.8) is 0 Å². The first kappa shape index (κ1) is 13.9. The monoisotopic (exact) mass is 228 g/mol. The van der Waals surface area contributed by atoms with E-state index in [1.807, 2.05) is 0 Å². The Morgan fingerprint density at radius 1 is 1.12 bits per heavy atom. The van der Waals surface area contributed by atoms with Gasteiger partial charge >= 0.3 is 0 Å². The molecule has 3 heteroatoms. The zero-order valence-corrected chi connectivity index (χ0v) is 11.4. The van der Waals surface area contributed by atoms with Gasteiger partial charge in [0.05, 0.1) is 6.10 Å². The third kappa shape index (κ3) is 4.40. The second kappa shape index (κ2) is 5.99. The third-order valence-electron chi connectivity index (χ3n) is 3.41. The Labute approximate surface area is 100 Å². The zero-order valence-electron chi connectivity index (χ0n) is 11.4. The van der Waals surface area contributed by atoms with Gasteiger partial charge in [-0.25, -0.2) is 0 Å². The van der Waals surface area contributed by atoms with E-state index in [9.17, 15) is 5.11 Å². The lowest BCUT2D eigenvalue weighted by atomic mass is 10.0. The molecule has 0 aromatic rings. The van der Waals surface area contributed by atoms with E-state index in [2.05, 4.69) is 37.5 Å². The van der Waals surface area contributed by atoms with Crippen LogP contribution in [-0.2, 0) is 0 Å². The van der Waals surface area contributed by atoms with Crippen LogP contribution in [0.15, 0.2) is 0 Å². The Morgan fingerprint density at radius 2 is 1.69 bits per heavy atom. The predicted octanol–water partition coefficient (Wildman–Crippen LogP) is 1.56. The lowest BCUT2D eigenvalue weighted by Crippen LogP contribution is -2.54. The number of nitrogens with zero attached hydrogens (tertiary/aromatic N) is 2. The molecule has 0 radical (unpaired) electrons. The first-order chi connectivity index (χ1) is 7.43. The maximum Gasteiger partial charge on any atom is 0.0667 e. The summed E-state index contributed by atoms with van der Waals surface area (Å²) in [5, 5.41) is 9.77. The molecule has 0 saturated carbocycles. The predicted molar refractivity (Wildman–Crippen MR) is 68.7 cm³/mol. The van der Waals surface area contributed by atoms with Crippen molar-refractivity contribution in [1.29, 1.82) is 0 Å². The van der Waals surface area contributed by atoms with Gasteiger partial charge in [0, 0.05) is 38.3 Å². The molecule has 1 rings (SSSR count). The molecule has 0 aromatic carbocycles. The number of β-amino-alcohol motifs (C(OH)–C–C–N with tert-alkyl or cyclic N) is 1. The Morgan fingerprint density at radius 3 is 2.12 bits per heavy atom. The Kier molecular flexibility index (Phi) is 5.22. The molecule has 1 aliphatic rings. The molecule has 96 valence electrons. The minimum atomic E-state index is -0.133. The summed E-state index contributed by atoms with van der Waals surface area (Å²) >= 11 is 0. The van der Waals surface area contributed by atoms with Crippen molar-refractivity contribution in [2.24, 2.45) is 0 Å². The molecule has 0 spiro atoms. The third-order valence-corrected chi connectivity index (χ3v) is 3.41. The highest BCUT2D eigenvalue weighted by molar-refractivity contribution is 4.82. The Hall–Kier alpha value is -0.120. The molecule has 1 saturated heterocycles. The summed E-state index contributed by atoms with van der Waals surface area (Å²) in [5.74, 6) is 0. The van der Waals surface area contributed by atoms with Crippen molar-refractivity contribution >= 4 is 0 Å². The largest absolute Gasteiger partial charge is 0.392 e. The van der Waals surface area contributed by atoms with E-state index in [-0.39, 0.29) is 11.6 Å². The van der Waals surface area contributed by atoms with Gasteiger partial charge in [-0.2, -0.15) is 0 Å². The molecular weight excluding hydrogens is 200 g/mol. The molecule has 3 nitrogen and oxygen atoms in total. The van der Waals surface area contributed by atoms with Crippen LogP contribution in [0, 0.1) is 0 Å². The minimum Gasteiger partial charge on any atom is -0.392 e. The molecule has 1 aliphatic heterocycles. The van der Waals surface area contributed by atoms with Gasteiger partial charge in [-0.3, -0.25) is 9.80 Å². The average molecular weight is 228 g/mol. The molecule has 0 bridgehead atoms. The van der Waals surface area contributed by atoms with E-state index < -0.39 is 0 Å². The van der Waals surface area contributed by atoms with Crippen LogP contribution in [0.5, 0.6) is 0 Å². The van der Waals surface area contributed by atoms with Crippen molar-refractivity contribution in [3.8, 4) is 0 Å². The van der Waals surface area contributed by atoms with Gasteiger partial charge in [-0.05, 0) is 27.2 Å². The van der Waals surface area contributed by atoms with Crippen molar-refractivity contribution in [2.45, 2.75) is 52.2 Å². The first-order valence-electron chi connectivity index (χ1n) is 6.59. The van der Waals surface area contributed by atoms with E-state index >= 15 is 0 Å². The highest BCUT2D eigenvalue weighted by Crippen LogP contribution is 2.16. The molecule has 16 heavy (non-hydrogen) atoms. The highest BCUT2D eigenvalue weighted by atomic mass is 16.3. The van der Waals surface area contributed by atoms with Gasteiger partial charge in [0.2, 0.25) is 0 Å². The minimum absolute atomic E-state index is 0.133. The summed E-state index contributed by atoms with van der Waals surface area (Å²) in [6, 6.07) is 0. The topological polar surface area (TPSA) is 26.7 Å². The number of aliphatic hydroxyl groups is 1. The normalized spacial score (nSPS) is 22.3. The number of piperazine rings is 1. The summed E-state index contributed by atoms with van der Waals surface area (Å²) in [5.41, 5.74) is 0.286. The van der Waals surface area contributed by atoms with Gasteiger partial charge in [-0.1, -0.05) is 13.3 Å². The highest BCUT2D eigenvalue weighted by Gasteiger charge is 2.26. The zero-order chi connectivity index (χ0) is 12.2. The quantitative estimate of drug-likeness (QED) is 0.791. The second-order valence-corrected chi connectivity index (χ2v) is 5.90. The maximum absolute atomic E-state index is 9.77. The van der Waals surface area contributed by atoms with E-state index in [0.29, 0.717) is 0 Å². The average Bonchev–Trinajstić information content (AvgIpc) is 2.17. The van der Waals surface area contributed by atoms with Crippen LogP contribution in [0.25, 0.3) is 0 Å². The van der Waals surface area contributed by atoms with Gasteiger partial charge in [-0.15, -0.1) is 0 Å². The summed E-state index contributed by atoms with van der Waals surface area (Å²) in [4.78, 5) is 4.91. The van der Waals surface area contributed by atoms with E-state index in [0.717, 1.165) is 45.6 Å². The second-order valence-electron chi connectivity index (χ2n) is 5.90. The standard InChI is InChI=1S/C13H28N2O/c1-5-6-12(16)11-14-7-9-15(10-8-14)13(2,3)4/h12,16H,5-11H2,1-4H3. The van der Waals surface area contributed by atoms with Gasteiger partial charge in [0.15, 0.2) is 0 Å². The molecule has 1 fully saturated rings. The van der Waals surface area contributed by atoms with Gasteiger partial charge in [0.25, 0.3) is 0 Å². The number of rotatable bonds is 4. The van der Waals surface area contributed by atoms with Crippen LogP contribution in [0.2, 0.25) is 0 Å². The van der Waals surface area contributed by atoms with Crippen LogP contribution in [0.1, 0.15) is 40.5 Å². The molecule has 0 aromatic heterocycles. The maximum atomic E-state index is 9.77.